The Kier molecular flexibility index (Phi) is 4.54. The molecule has 1 spiro atoms. The number of carbonyl (C=O) groups excluding carboxylic acids is 1. The molecule has 0 atom stereocenters. The summed E-state index contributed by atoms with van der Waals surface area (Å²) >= 11 is 0. The lowest BCUT2D eigenvalue weighted by molar-refractivity contribution is -0.384. The van der Waals surface area contributed by atoms with Crippen molar-refractivity contribution in [3.63, 3.8) is 0 Å². The van der Waals surface area contributed by atoms with Crippen molar-refractivity contribution in [2.45, 2.75) is 51.7 Å². The number of nitrogens with zero attached hydrogens (tertiary/aromatic N) is 2. The molecule has 1 heterocycles. The minimum atomic E-state index is -0.629. The Bertz CT molecular complexity index is 726. The number of nitrogens with one attached hydrogen (secondary N) is 1. The van der Waals surface area contributed by atoms with Gasteiger partial charge in [-0.05, 0) is 57.6 Å². The van der Waals surface area contributed by atoms with Crippen LogP contribution < -0.4 is 5.32 Å². The van der Waals surface area contributed by atoms with E-state index < -0.39 is 16.3 Å². The quantitative estimate of drug-likeness (QED) is 0.648. The molecule has 3 rings (SSSR count). The molecule has 8 heteroatoms. The van der Waals surface area contributed by atoms with Crippen molar-refractivity contribution in [3.8, 4) is 0 Å². The predicted molar refractivity (Wildman–Crippen MR) is 94.6 cm³/mol. The van der Waals surface area contributed by atoms with E-state index in [0.717, 1.165) is 25.3 Å². The second kappa shape index (κ2) is 6.41. The van der Waals surface area contributed by atoms with Crippen molar-refractivity contribution in [2.24, 2.45) is 5.41 Å². The normalized spacial score (nSPS) is 25.1. The van der Waals surface area contributed by atoms with Crippen LogP contribution in [0.2, 0.25) is 0 Å². The Morgan fingerprint density at radius 2 is 2.12 bits per heavy atom. The van der Waals surface area contributed by atoms with Gasteiger partial charge in [-0.15, -0.1) is 0 Å². The highest BCUT2D eigenvalue weighted by Gasteiger charge is 2.50. The summed E-state index contributed by atoms with van der Waals surface area (Å²) in [4.78, 5) is 24.4. The second-order valence-corrected chi connectivity index (χ2v) is 8.32. The van der Waals surface area contributed by atoms with E-state index in [0.29, 0.717) is 18.8 Å². The van der Waals surface area contributed by atoms with E-state index in [-0.39, 0.29) is 23.2 Å². The fourth-order valence-corrected chi connectivity index (χ4v) is 3.84. The lowest BCUT2D eigenvalue weighted by atomic mass is 9.65. The van der Waals surface area contributed by atoms with Gasteiger partial charge >= 0.3 is 6.09 Å². The van der Waals surface area contributed by atoms with Gasteiger partial charge in [0.1, 0.15) is 17.1 Å². The first kappa shape index (κ1) is 18.4. The molecule has 1 aromatic carbocycles. The summed E-state index contributed by atoms with van der Waals surface area (Å²) in [7, 11) is 0. The average Bonchev–Trinajstić information content (AvgIpc) is 2.92. The molecule has 1 aliphatic carbocycles. The monoisotopic (exact) mass is 365 g/mol. The van der Waals surface area contributed by atoms with Gasteiger partial charge in [-0.2, -0.15) is 0 Å². The molecule has 1 N–H and O–H groups in total. The Morgan fingerprint density at radius 1 is 1.42 bits per heavy atom. The molecule has 26 heavy (non-hydrogen) atoms. The minimum Gasteiger partial charge on any atom is -0.444 e. The summed E-state index contributed by atoms with van der Waals surface area (Å²) in [5.74, 6) is -0.629. The number of nitro benzene ring substituents is 1. The van der Waals surface area contributed by atoms with Gasteiger partial charge in [0.25, 0.3) is 5.69 Å². The van der Waals surface area contributed by atoms with Crippen LogP contribution in [-0.2, 0) is 4.74 Å². The van der Waals surface area contributed by atoms with Crippen LogP contribution >= 0.6 is 0 Å². The number of benzene rings is 1. The zero-order chi connectivity index (χ0) is 19.1. The van der Waals surface area contributed by atoms with Crippen LogP contribution in [-0.4, -0.2) is 40.6 Å². The first-order chi connectivity index (χ1) is 12.1. The molecular weight excluding hydrogens is 341 g/mol. The number of hydrogen-bond donors (Lipinski definition) is 1. The predicted octanol–water partition coefficient (Wildman–Crippen LogP) is 3.94. The van der Waals surface area contributed by atoms with Crippen LogP contribution in [0.15, 0.2) is 18.2 Å². The van der Waals surface area contributed by atoms with Crippen molar-refractivity contribution in [1.82, 2.24) is 4.90 Å². The Balaban J connectivity index is 1.57. The maximum atomic E-state index is 13.2. The molecule has 2 aliphatic rings. The smallest absolute Gasteiger partial charge is 0.410 e. The fraction of sp³-hybridized carbons (Fsp3) is 0.611. The summed E-state index contributed by atoms with van der Waals surface area (Å²) in [5, 5.41) is 14.2. The van der Waals surface area contributed by atoms with Gasteiger partial charge in [0.05, 0.1) is 11.0 Å². The largest absolute Gasteiger partial charge is 0.444 e. The van der Waals surface area contributed by atoms with E-state index >= 15 is 0 Å². The molecule has 1 aliphatic heterocycles. The molecular formula is C18H24FN3O4. The summed E-state index contributed by atoms with van der Waals surface area (Å²) in [6, 6.07) is 3.62. The van der Waals surface area contributed by atoms with Crippen molar-refractivity contribution < 1.29 is 18.8 Å². The van der Waals surface area contributed by atoms with Crippen molar-refractivity contribution in [1.29, 1.82) is 0 Å². The number of amides is 1. The molecule has 1 saturated heterocycles. The molecule has 1 aromatic rings. The van der Waals surface area contributed by atoms with Crippen LogP contribution in [0.25, 0.3) is 0 Å². The Hall–Kier alpha value is -2.38. The van der Waals surface area contributed by atoms with E-state index in [1.54, 1.807) is 4.90 Å². The maximum absolute atomic E-state index is 13.2. The first-order valence-corrected chi connectivity index (χ1v) is 8.75. The average molecular weight is 365 g/mol. The van der Waals surface area contributed by atoms with Crippen LogP contribution in [0, 0.1) is 21.3 Å². The molecule has 0 bridgehead atoms. The van der Waals surface area contributed by atoms with Crippen LogP contribution in [0.4, 0.5) is 20.6 Å². The number of carbonyl (C=O) groups is 1. The molecule has 0 radical (unpaired) electrons. The van der Waals surface area contributed by atoms with Gasteiger partial charge in [0.15, 0.2) is 0 Å². The van der Waals surface area contributed by atoms with Gasteiger partial charge in [-0.3, -0.25) is 10.1 Å². The third kappa shape index (κ3) is 3.89. The second-order valence-electron chi connectivity index (χ2n) is 8.32. The number of nitro groups is 1. The highest BCUT2D eigenvalue weighted by molar-refractivity contribution is 5.68. The standard InChI is InChI=1S/C18H24FN3O4/c1-17(2,3)26-16(23)21-7-6-18(11-21)9-13(10-18)20-14-5-4-12(19)8-15(14)22(24)25/h4-5,8,13,20H,6-7,9-11H2,1-3H3. The zero-order valence-corrected chi connectivity index (χ0v) is 15.3. The Morgan fingerprint density at radius 3 is 2.73 bits per heavy atom. The van der Waals surface area contributed by atoms with E-state index in [4.69, 9.17) is 4.74 Å². The van der Waals surface area contributed by atoms with Gasteiger partial charge in [-0.1, -0.05) is 0 Å². The topological polar surface area (TPSA) is 84.7 Å². The molecule has 0 aromatic heterocycles. The number of anilines is 1. The molecule has 0 unspecified atom stereocenters. The van der Waals surface area contributed by atoms with Crippen molar-refractivity contribution >= 4 is 17.5 Å². The number of ether oxygens (including phenoxy) is 1. The third-order valence-corrected chi connectivity index (χ3v) is 4.96. The van der Waals surface area contributed by atoms with Gasteiger partial charge in [0, 0.05) is 19.1 Å². The molecule has 1 amide bonds. The molecule has 142 valence electrons. The van der Waals surface area contributed by atoms with Gasteiger partial charge in [-0.25, -0.2) is 9.18 Å². The number of halogens is 1. The van der Waals surface area contributed by atoms with Gasteiger partial charge in [0.2, 0.25) is 0 Å². The third-order valence-electron chi connectivity index (χ3n) is 4.96. The Labute approximate surface area is 151 Å². The van der Waals surface area contributed by atoms with Crippen LogP contribution in [0.3, 0.4) is 0 Å². The molecule has 2 fully saturated rings. The van der Waals surface area contributed by atoms with Crippen molar-refractivity contribution in [2.75, 3.05) is 18.4 Å². The van der Waals surface area contributed by atoms with E-state index in [2.05, 4.69) is 5.32 Å². The minimum absolute atomic E-state index is 0.0450. The first-order valence-electron chi connectivity index (χ1n) is 8.75. The number of rotatable bonds is 3. The van der Waals surface area contributed by atoms with Crippen LogP contribution in [0.1, 0.15) is 40.0 Å². The highest BCUT2D eigenvalue weighted by atomic mass is 19.1. The summed E-state index contributed by atoms with van der Waals surface area (Å²) in [6.07, 6.45) is 2.25. The maximum Gasteiger partial charge on any atom is 0.410 e. The molecule has 1 saturated carbocycles. The number of likely N-dealkylation sites (tertiary alicyclic amines) is 1. The van der Waals surface area contributed by atoms with E-state index in [9.17, 15) is 19.3 Å². The summed E-state index contributed by atoms with van der Waals surface area (Å²) in [5.41, 5.74) is -0.396. The lowest BCUT2D eigenvalue weighted by Gasteiger charge is -2.45. The summed E-state index contributed by atoms with van der Waals surface area (Å²) < 4.78 is 18.7. The molecule has 7 nitrogen and oxygen atoms in total. The number of hydrogen-bond acceptors (Lipinski definition) is 5. The van der Waals surface area contributed by atoms with Gasteiger partial charge < -0.3 is 15.0 Å². The summed E-state index contributed by atoms with van der Waals surface area (Å²) in [6.45, 7) is 6.84. The highest BCUT2D eigenvalue weighted by Crippen LogP contribution is 2.49. The fourth-order valence-electron chi connectivity index (χ4n) is 3.84. The van der Waals surface area contributed by atoms with Crippen LogP contribution in [0.5, 0.6) is 0 Å². The zero-order valence-electron chi connectivity index (χ0n) is 15.3. The lowest BCUT2D eigenvalue weighted by Crippen LogP contribution is -2.47. The SMILES string of the molecule is CC(C)(C)OC(=O)N1CCC2(CC(Nc3ccc(F)cc3[N+](=O)[O-])C2)C1. The van der Waals surface area contributed by atoms with Crippen molar-refractivity contribution in [3.05, 3.63) is 34.1 Å². The van der Waals surface area contributed by atoms with E-state index in [1.807, 2.05) is 20.8 Å². The van der Waals surface area contributed by atoms with E-state index in [1.165, 1.54) is 12.1 Å².